The lowest BCUT2D eigenvalue weighted by Crippen LogP contribution is -2.27. The van der Waals surface area contributed by atoms with Gasteiger partial charge in [0.25, 0.3) is 0 Å². The second kappa shape index (κ2) is 9.18. The van der Waals surface area contributed by atoms with Crippen molar-refractivity contribution in [2.45, 2.75) is 0 Å². The van der Waals surface area contributed by atoms with Crippen LogP contribution in [0.2, 0.25) is 0 Å². The van der Waals surface area contributed by atoms with Gasteiger partial charge in [-0.2, -0.15) is 0 Å². The second-order valence-electron chi connectivity index (χ2n) is 7.12. The summed E-state index contributed by atoms with van der Waals surface area (Å²) in [5, 5.41) is 9.90. The van der Waals surface area contributed by atoms with E-state index in [1.54, 1.807) is 30.3 Å². The molecule has 5 nitrogen and oxygen atoms in total. The van der Waals surface area contributed by atoms with Crippen molar-refractivity contribution in [3.05, 3.63) is 109 Å². The lowest BCUT2D eigenvalue weighted by molar-refractivity contribution is 0.0698. The zero-order valence-corrected chi connectivity index (χ0v) is 17.4. The minimum absolute atomic E-state index is 0.00360. The number of methoxy groups -OCH3 is 1. The molecule has 0 bridgehead atoms. The van der Waals surface area contributed by atoms with Crippen molar-refractivity contribution in [2.24, 2.45) is 0 Å². The van der Waals surface area contributed by atoms with Crippen LogP contribution in [0.3, 0.4) is 0 Å². The maximum atomic E-state index is 12.7. The van der Waals surface area contributed by atoms with Crippen molar-refractivity contribution in [1.82, 2.24) is 0 Å². The van der Waals surface area contributed by atoms with Gasteiger partial charge in [-0.25, -0.2) is 14.5 Å². The SMILES string of the molecule is COC(=O)N(c1ccc(-c2ccccc2)cc1)c1ccc(-c2ccccc2)cc1C(=O)O. The number of hydrogen-bond donors (Lipinski definition) is 1. The van der Waals surface area contributed by atoms with E-state index in [1.165, 1.54) is 12.0 Å². The predicted octanol–water partition coefficient (Wildman–Crippen LogP) is 6.62. The highest BCUT2D eigenvalue weighted by Gasteiger charge is 2.24. The van der Waals surface area contributed by atoms with Crippen molar-refractivity contribution >= 4 is 23.4 Å². The summed E-state index contributed by atoms with van der Waals surface area (Å²) in [6, 6.07) is 31.7. The van der Waals surface area contributed by atoms with Crippen LogP contribution in [0.4, 0.5) is 16.2 Å². The number of carboxylic acids is 1. The molecule has 4 aromatic rings. The highest BCUT2D eigenvalue weighted by Crippen LogP contribution is 2.34. The fourth-order valence-electron chi connectivity index (χ4n) is 3.58. The van der Waals surface area contributed by atoms with Crippen molar-refractivity contribution in [3.63, 3.8) is 0 Å². The van der Waals surface area contributed by atoms with Crippen LogP contribution in [0.1, 0.15) is 10.4 Å². The topological polar surface area (TPSA) is 66.8 Å². The van der Waals surface area contributed by atoms with E-state index >= 15 is 0 Å². The normalized spacial score (nSPS) is 10.4. The summed E-state index contributed by atoms with van der Waals surface area (Å²) in [7, 11) is 1.27. The highest BCUT2D eigenvalue weighted by molar-refractivity contribution is 6.05. The molecule has 0 fully saturated rings. The van der Waals surface area contributed by atoms with E-state index in [1.807, 2.05) is 72.8 Å². The van der Waals surface area contributed by atoms with Gasteiger partial charge in [0.05, 0.1) is 24.0 Å². The van der Waals surface area contributed by atoms with E-state index in [0.717, 1.165) is 22.3 Å². The molecule has 5 heteroatoms. The Kier molecular flexibility index (Phi) is 5.99. The fourth-order valence-corrected chi connectivity index (χ4v) is 3.58. The summed E-state index contributed by atoms with van der Waals surface area (Å²) in [5.74, 6) is -1.13. The summed E-state index contributed by atoms with van der Waals surface area (Å²) >= 11 is 0. The third-order valence-electron chi connectivity index (χ3n) is 5.16. The summed E-state index contributed by atoms with van der Waals surface area (Å²) in [6.45, 7) is 0. The van der Waals surface area contributed by atoms with Gasteiger partial charge in [0.2, 0.25) is 0 Å². The number of rotatable bonds is 5. The molecule has 0 aliphatic carbocycles. The lowest BCUT2D eigenvalue weighted by atomic mass is 10.0. The molecule has 4 rings (SSSR count). The van der Waals surface area contributed by atoms with Crippen molar-refractivity contribution in [3.8, 4) is 22.3 Å². The van der Waals surface area contributed by atoms with Gasteiger partial charge in [-0.15, -0.1) is 0 Å². The van der Waals surface area contributed by atoms with Gasteiger partial charge in [-0.05, 0) is 46.5 Å². The van der Waals surface area contributed by atoms with E-state index in [-0.39, 0.29) is 11.3 Å². The average molecular weight is 423 g/mol. The maximum absolute atomic E-state index is 12.7. The maximum Gasteiger partial charge on any atom is 0.418 e. The number of nitrogens with zero attached hydrogens (tertiary/aromatic N) is 1. The summed E-state index contributed by atoms with van der Waals surface area (Å²) in [5.41, 5.74) is 4.40. The van der Waals surface area contributed by atoms with Crippen molar-refractivity contribution < 1.29 is 19.4 Å². The molecule has 0 radical (unpaired) electrons. The van der Waals surface area contributed by atoms with Crippen LogP contribution in [0.25, 0.3) is 22.3 Å². The number of aromatic carboxylic acids is 1. The van der Waals surface area contributed by atoms with Gasteiger partial charge >= 0.3 is 12.1 Å². The highest BCUT2D eigenvalue weighted by atomic mass is 16.5. The molecule has 0 saturated carbocycles. The van der Waals surface area contributed by atoms with Crippen LogP contribution in [-0.4, -0.2) is 24.3 Å². The quantitative estimate of drug-likeness (QED) is 0.391. The van der Waals surface area contributed by atoms with Crippen LogP contribution in [0, 0.1) is 0 Å². The molecule has 0 heterocycles. The largest absolute Gasteiger partial charge is 0.478 e. The van der Waals surface area contributed by atoms with Gasteiger partial charge in [0.1, 0.15) is 0 Å². The Morgan fingerprint density at radius 2 is 1.19 bits per heavy atom. The Morgan fingerprint density at radius 3 is 1.72 bits per heavy atom. The Hall–Kier alpha value is -4.38. The number of ether oxygens (including phenoxy) is 1. The Labute approximate surface area is 186 Å². The smallest absolute Gasteiger partial charge is 0.418 e. The minimum Gasteiger partial charge on any atom is -0.478 e. The van der Waals surface area contributed by atoms with Gasteiger partial charge < -0.3 is 9.84 Å². The Bertz CT molecular complexity index is 1240. The van der Waals surface area contributed by atoms with Crippen LogP contribution >= 0.6 is 0 Å². The number of anilines is 2. The molecule has 0 atom stereocenters. The molecule has 0 aromatic heterocycles. The fraction of sp³-hybridized carbons (Fsp3) is 0.0370. The minimum atomic E-state index is -1.13. The molecule has 0 spiro atoms. The summed E-state index contributed by atoms with van der Waals surface area (Å²) in [6.07, 6.45) is -0.674. The zero-order chi connectivity index (χ0) is 22.5. The molecule has 0 aliphatic heterocycles. The molecule has 0 unspecified atom stereocenters. The molecule has 4 aromatic carbocycles. The first kappa shape index (κ1) is 20.9. The molecule has 1 amide bonds. The number of carboxylic acid groups (broad SMARTS) is 1. The first-order valence-corrected chi connectivity index (χ1v) is 10.0. The first-order valence-electron chi connectivity index (χ1n) is 10.0. The summed E-state index contributed by atoms with van der Waals surface area (Å²) in [4.78, 5) is 26.1. The third-order valence-corrected chi connectivity index (χ3v) is 5.16. The predicted molar refractivity (Wildman–Crippen MR) is 125 cm³/mol. The van der Waals surface area contributed by atoms with Crippen LogP contribution < -0.4 is 4.90 Å². The van der Waals surface area contributed by atoms with Crippen molar-refractivity contribution in [2.75, 3.05) is 12.0 Å². The third kappa shape index (κ3) is 4.23. The number of carbonyl (C=O) groups excluding carboxylic acids is 1. The molecule has 32 heavy (non-hydrogen) atoms. The van der Waals surface area contributed by atoms with Crippen LogP contribution in [0.15, 0.2) is 103 Å². The number of amides is 1. The molecule has 0 aliphatic rings. The Balaban J connectivity index is 1.78. The van der Waals surface area contributed by atoms with E-state index in [9.17, 15) is 14.7 Å². The van der Waals surface area contributed by atoms with Gasteiger partial charge in [0, 0.05) is 0 Å². The van der Waals surface area contributed by atoms with Crippen LogP contribution in [0.5, 0.6) is 0 Å². The molecule has 0 saturated heterocycles. The van der Waals surface area contributed by atoms with Gasteiger partial charge in [0.15, 0.2) is 0 Å². The second-order valence-corrected chi connectivity index (χ2v) is 7.12. The molecule has 1 N–H and O–H groups in total. The average Bonchev–Trinajstić information content (AvgIpc) is 2.85. The summed E-state index contributed by atoms with van der Waals surface area (Å²) < 4.78 is 4.98. The van der Waals surface area contributed by atoms with Gasteiger partial charge in [-0.1, -0.05) is 78.9 Å². The molecular weight excluding hydrogens is 402 g/mol. The standard InChI is InChI=1S/C27H21NO4/c1-32-27(31)28(23-15-12-21(13-16-23)19-8-4-2-5-9-19)25-17-14-22(18-24(25)26(29)30)20-10-6-3-7-11-20/h2-18H,1H3,(H,29,30). The number of benzene rings is 4. The monoisotopic (exact) mass is 423 g/mol. The van der Waals surface area contributed by atoms with E-state index < -0.39 is 12.1 Å². The van der Waals surface area contributed by atoms with E-state index in [2.05, 4.69) is 0 Å². The molecule has 158 valence electrons. The van der Waals surface area contributed by atoms with E-state index in [0.29, 0.717) is 5.69 Å². The Morgan fingerprint density at radius 1 is 0.688 bits per heavy atom. The van der Waals surface area contributed by atoms with Gasteiger partial charge in [-0.3, -0.25) is 0 Å². The number of hydrogen-bond acceptors (Lipinski definition) is 3. The first-order chi connectivity index (χ1) is 15.6. The van der Waals surface area contributed by atoms with Crippen LogP contribution in [-0.2, 0) is 4.74 Å². The molecular formula is C27H21NO4. The number of carbonyl (C=O) groups is 2. The zero-order valence-electron chi connectivity index (χ0n) is 17.4. The van der Waals surface area contributed by atoms with E-state index in [4.69, 9.17) is 4.74 Å². The van der Waals surface area contributed by atoms with Crippen molar-refractivity contribution in [1.29, 1.82) is 0 Å². The lowest BCUT2D eigenvalue weighted by Gasteiger charge is -2.24.